The topological polar surface area (TPSA) is 41.6 Å². The van der Waals surface area contributed by atoms with Gasteiger partial charge in [-0.15, -0.1) is 0 Å². The third-order valence-corrected chi connectivity index (χ3v) is 5.16. The molecule has 3 rings (SSSR count). The first-order valence-corrected chi connectivity index (χ1v) is 9.33. The summed E-state index contributed by atoms with van der Waals surface area (Å²) in [4.78, 5) is 14.4. The Morgan fingerprint density at radius 3 is 2.67 bits per heavy atom. The van der Waals surface area contributed by atoms with Crippen LogP contribution in [-0.2, 0) is 4.79 Å². The van der Waals surface area contributed by atoms with Gasteiger partial charge < -0.3 is 15.0 Å². The first-order chi connectivity index (χ1) is 11.6. The van der Waals surface area contributed by atoms with Gasteiger partial charge in [-0.2, -0.15) is 0 Å². The van der Waals surface area contributed by atoms with Gasteiger partial charge >= 0.3 is 0 Å². The van der Waals surface area contributed by atoms with E-state index in [1.807, 2.05) is 17.9 Å². The summed E-state index contributed by atoms with van der Waals surface area (Å²) in [6.07, 6.45) is 5.41. The SMILES string of the molecule is Cc1ccc(C)c(OCCC(=O)N2CCC(NCC3CC3)CC2)c1. The van der Waals surface area contributed by atoms with Crippen molar-refractivity contribution in [2.45, 2.75) is 52.0 Å². The summed E-state index contributed by atoms with van der Waals surface area (Å²) in [6.45, 7) is 7.48. The number of hydrogen-bond acceptors (Lipinski definition) is 3. The lowest BCUT2D eigenvalue weighted by Gasteiger charge is -2.32. The van der Waals surface area contributed by atoms with Crippen LogP contribution in [0, 0.1) is 19.8 Å². The lowest BCUT2D eigenvalue weighted by molar-refractivity contribution is -0.132. The highest BCUT2D eigenvalue weighted by Gasteiger charge is 2.25. The molecule has 1 saturated carbocycles. The van der Waals surface area contributed by atoms with Crippen LogP contribution in [0.25, 0.3) is 0 Å². The normalized spacial score (nSPS) is 18.7. The van der Waals surface area contributed by atoms with E-state index in [0.717, 1.165) is 43.2 Å². The van der Waals surface area contributed by atoms with Gasteiger partial charge in [0.25, 0.3) is 0 Å². The molecule has 0 unspecified atom stereocenters. The largest absolute Gasteiger partial charge is 0.493 e. The Hall–Kier alpha value is -1.55. The molecule has 1 amide bonds. The van der Waals surface area contributed by atoms with Crippen LogP contribution < -0.4 is 10.1 Å². The minimum atomic E-state index is 0.223. The van der Waals surface area contributed by atoms with Crippen molar-refractivity contribution in [3.05, 3.63) is 29.3 Å². The van der Waals surface area contributed by atoms with E-state index >= 15 is 0 Å². The van der Waals surface area contributed by atoms with Crippen LogP contribution >= 0.6 is 0 Å². The predicted molar refractivity (Wildman–Crippen MR) is 96.4 cm³/mol. The molecular weight excluding hydrogens is 300 g/mol. The minimum Gasteiger partial charge on any atom is -0.493 e. The number of piperidine rings is 1. The van der Waals surface area contributed by atoms with E-state index in [9.17, 15) is 4.79 Å². The van der Waals surface area contributed by atoms with Gasteiger partial charge in [-0.05, 0) is 69.2 Å². The third kappa shape index (κ3) is 4.97. The van der Waals surface area contributed by atoms with Gasteiger partial charge in [0.05, 0.1) is 13.0 Å². The van der Waals surface area contributed by atoms with Gasteiger partial charge in [0.1, 0.15) is 5.75 Å². The van der Waals surface area contributed by atoms with Crippen LogP contribution in [0.3, 0.4) is 0 Å². The van der Waals surface area contributed by atoms with Crippen LogP contribution in [0.2, 0.25) is 0 Å². The van der Waals surface area contributed by atoms with Crippen molar-refractivity contribution >= 4 is 5.91 Å². The second kappa shape index (κ2) is 8.02. The van der Waals surface area contributed by atoms with E-state index in [4.69, 9.17) is 4.74 Å². The smallest absolute Gasteiger partial charge is 0.225 e. The second-order valence-electron chi connectivity index (χ2n) is 7.37. The van der Waals surface area contributed by atoms with Gasteiger partial charge in [-0.3, -0.25) is 4.79 Å². The average Bonchev–Trinajstić information content (AvgIpc) is 3.41. The Kier molecular flexibility index (Phi) is 5.77. The molecule has 0 atom stereocenters. The van der Waals surface area contributed by atoms with Crippen LogP contribution in [0.4, 0.5) is 0 Å². The van der Waals surface area contributed by atoms with Crippen molar-refractivity contribution in [3.63, 3.8) is 0 Å². The van der Waals surface area contributed by atoms with Gasteiger partial charge in [0.2, 0.25) is 5.91 Å². The Balaban J connectivity index is 1.35. The lowest BCUT2D eigenvalue weighted by atomic mass is 10.0. The molecule has 0 bridgehead atoms. The van der Waals surface area contributed by atoms with E-state index in [1.165, 1.54) is 24.9 Å². The zero-order valence-electron chi connectivity index (χ0n) is 15.0. The minimum absolute atomic E-state index is 0.223. The van der Waals surface area contributed by atoms with E-state index in [-0.39, 0.29) is 5.91 Å². The number of benzene rings is 1. The van der Waals surface area contributed by atoms with Crippen LogP contribution in [0.1, 0.15) is 43.2 Å². The molecule has 4 heteroatoms. The van der Waals surface area contributed by atoms with Crippen LogP contribution in [0.15, 0.2) is 18.2 Å². The van der Waals surface area contributed by atoms with Crippen molar-refractivity contribution in [1.29, 1.82) is 0 Å². The summed E-state index contributed by atoms with van der Waals surface area (Å²) in [5.74, 6) is 2.04. The first-order valence-electron chi connectivity index (χ1n) is 9.33. The Morgan fingerprint density at radius 2 is 1.96 bits per heavy atom. The second-order valence-corrected chi connectivity index (χ2v) is 7.37. The molecule has 1 aliphatic heterocycles. The van der Waals surface area contributed by atoms with E-state index in [2.05, 4.69) is 24.4 Å². The molecule has 24 heavy (non-hydrogen) atoms. The molecule has 132 valence electrons. The lowest BCUT2D eigenvalue weighted by Crippen LogP contribution is -2.45. The highest BCUT2D eigenvalue weighted by Crippen LogP contribution is 2.28. The monoisotopic (exact) mass is 330 g/mol. The maximum absolute atomic E-state index is 12.3. The molecule has 1 aromatic carbocycles. The molecule has 1 heterocycles. The molecule has 2 fully saturated rings. The van der Waals surface area contributed by atoms with E-state index < -0.39 is 0 Å². The molecule has 4 nitrogen and oxygen atoms in total. The summed E-state index contributed by atoms with van der Waals surface area (Å²) in [6, 6.07) is 6.78. The van der Waals surface area contributed by atoms with E-state index in [0.29, 0.717) is 19.1 Å². The first kappa shape index (κ1) is 17.3. The standard InChI is InChI=1S/C20H30N2O2/c1-15-3-4-16(2)19(13-15)24-12-9-20(23)22-10-7-18(8-11-22)21-14-17-5-6-17/h3-4,13,17-18,21H,5-12,14H2,1-2H3. The summed E-state index contributed by atoms with van der Waals surface area (Å²) >= 11 is 0. The van der Waals surface area contributed by atoms with Gasteiger partial charge in [0, 0.05) is 19.1 Å². The predicted octanol–water partition coefficient (Wildman–Crippen LogP) is 3.06. The van der Waals surface area contributed by atoms with Gasteiger partial charge in [-0.1, -0.05) is 12.1 Å². The molecule has 0 aromatic heterocycles. The number of aryl methyl sites for hydroxylation is 2. The molecule has 1 aliphatic carbocycles. The Morgan fingerprint density at radius 1 is 1.21 bits per heavy atom. The summed E-state index contributed by atoms with van der Waals surface area (Å²) in [5.41, 5.74) is 2.30. The summed E-state index contributed by atoms with van der Waals surface area (Å²) in [5, 5.41) is 3.66. The number of ether oxygens (including phenoxy) is 1. The Bertz CT molecular complexity index is 561. The van der Waals surface area contributed by atoms with Crippen LogP contribution in [0.5, 0.6) is 5.75 Å². The number of rotatable bonds is 7. The fourth-order valence-corrected chi connectivity index (χ4v) is 3.26. The number of likely N-dealkylation sites (tertiary alicyclic amines) is 1. The maximum atomic E-state index is 12.3. The fourth-order valence-electron chi connectivity index (χ4n) is 3.26. The molecule has 1 aromatic rings. The van der Waals surface area contributed by atoms with Crippen molar-refractivity contribution in [1.82, 2.24) is 10.2 Å². The summed E-state index contributed by atoms with van der Waals surface area (Å²) in [7, 11) is 0. The maximum Gasteiger partial charge on any atom is 0.225 e. The third-order valence-electron chi connectivity index (χ3n) is 5.16. The van der Waals surface area contributed by atoms with Crippen LogP contribution in [-0.4, -0.2) is 43.1 Å². The van der Waals surface area contributed by atoms with Crippen molar-refractivity contribution in [2.24, 2.45) is 5.92 Å². The molecule has 2 aliphatic rings. The number of hydrogen-bond donors (Lipinski definition) is 1. The van der Waals surface area contributed by atoms with Gasteiger partial charge in [0.15, 0.2) is 0 Å². The fraction of sp³-hybridized carbons (Fsp3) is 0.650. The Labute approximate surface area is 145 Å². The number of amides is 1. The van der Waals surface area contributed by atoms with Crippen molar-refractivity contribution in [2.75, 3.05) is 26.2 Å². The van der Waals surface area contributed by atoms with Crippen molar-refractivity contribution < 1.29 is 9.53 Å². The zero-order valence-corrected chi connectivity index (χ0v) is 15.0. The number of carbonyl (C=O) groups is 1. The number of nitrogens with zero attached hydrogens (tertiary/aromatic N) is 1. The molecule has 0 spiro atoms. The number of carbonyl (C=O) groups excluding carboxylic acids is 1. The average molecular weight is 330 g/mol. The number of nitrogens with one attached hydrogen (secondary N) is 1. The molecule has 0 radical (unpaired) electrons. The highest BCUT2D eigenvalue weighted by molar-refractivity contribution is 5.76. The highest BCUT2D eigenvalue weighted by atomic mass is 16.5. The zero-order chi connectivity index (χ0) is 16.9. The molecule has 1 saturated heterocycles. The van der Waals surface area contributed by atoms with Gasteiger partial charge in [-0.25, -0.2) is 0 Å². The van der Waals surface area contributed by atoms with Crippen molar-refractivity contribution in [3.8, 4) is 5.75 Å². The van der Waals surface area contributed by atoms with E-state index in [1.54, 1.807) is 0 Å². The summed E-state index contributed by atoms with van der Waals surface area (Å²) < 4.78 is 5.81. The molecular formula is C20H30N2O2. The quantitative estimate of drug-likeness (QED) is 0.835. The molecule has 1 N–H and O–H groups in total.